The minimum absolute atomic E-state index is 0.0315. The van der Waals surface area contributed by atoms with Crippen molar-refractivity contribution in [2.24, 2.45) is 11.3 Å². The number of fused-ring (bicyclic) bond motifs is 2. The number of carbonyl (C=O) groups excluding carboxylic acids is 2. The summed E-state index contributed by atoms with van der Waals surface area (Å²) in [6.45, 7) is 4.54. The van der Waals surface area contributed by atoms with Crippen molar-refractivity contribution in [3.8, 4) is 0 Å². The fourth-order valence-electron chi connectivity index (χ4n) is 5.20. The van der Waals surface area contributed by atoms with E-state index in [9.17, 15) is 9.59 Å². The number of carbonyl (C=O) groups is 2. The molecule has 2 saturated heterocycles. The maximum atomic E-state index is 13.3. The first-order chi connectivity index (χ1) is 14.5. The summed E-state index contributed by atoms with van der Waals surface area (Å²) in [5.74, 6) is 0.520. The fraction of sp³-hybridized carbons (Fsp3) is 0.375. The van der Waals surface area contributed by atoms with Crippen molar-refractivity contribution in [2.75, 3.05) is 26.2 Å². The summed E-state index contributed by atoms with van der Waals surface area (Å²) in [6, 6.07) is 14.2. The second-order valence-corrected chi connectivity index (χ2v) is 8.74. The SMILES string of the molecule is CC(=O)N1C[C@@H]2CN(C(=O)c3ccc4nccn4c3)C[C@]2(CCc2ccccc2)C1. The molecule has 1 aromatic carbocycles. The van der Waals surface area contributed by atoms with E-state index in [2.05, 4.69) is 29.2 Å². The van der Waals surface area contributed by atoms with E-state index >= 15 is 0 Å². The maximum Gasteiger partial charge on any atom is 0.255 e. The van der Waals surface area contributed by atoms with Gasteiger partial charge in [0.15, 0.2) is 0 Å². The molecule has 2 amide bonds. The molecule has 6 nitrogen and oxygen atoms in total. The Bertz CT molecular complexity index is 1090. The van der Waals surface area contributed by atoms with Crippen LogP contribution in [0.15, 0.2) is 61.1 Å². The summed E-state index contributed by atoms with van der Waals surface area (Å²) in [6.07, 6.45) is 7.40. The number of hydrogen-bond acceptors (Lipinski definition) is 3. The van der Waals surface area contributed by atoms with Crippen LogP contribution in [0.25, 0.3) is 5.65 Å². The molecule has 2 atom stereocenters. The highest BCUT2D eigenvalue weighted by atomic mass is 16.2. The van der Waals surface area contributed by atoms with Gasteiger partial charge in [0.1, 0.15) is 5.65 Å². The monoisotopic (exact) mass is 402 g/mol. The van der Waals surface area contributed by atoms with E-state index in [1.165, 1.54) is 5.56 Å². The number of nitrogens with zero attached hydrogens (tertiary/aromatic N) is 4. The van der Waals surface area contributed by atoms with Gasteiger partial charge in [-0.05, 0) is 30.5 Å². The van der Waals surface area contributed by atoms with Gasteiger partial charge >= 0.3 is 0 Å². The molecule has 3 aromatic rings. The summed E-state index contributed by atoms with van der Waals surface area (Å²) in [5.41, 5.74) is 2.79. The van der Waals surface area contributed by atoms with E-state index in [4.69, 9.17) is 0 Å². The van der Waals surface area contributed by atoms with Crippen LogP contribution in [-0.2, 0) is 11.2 Å². The van der Waals surface area contributed by atoms with Gasteiger partial charge in [-0.1, -0.05) is 30.3 Å². The lowest BCUT2D eigenvalue weighted by Crippen LogP contribution is -2.38. The van der Waals surface area contributed by atoms with Crippen molar-refractivity contribution in [1.29, 1.82) is 0 Å². The molecule has 0 aliphatic carbocycles. The summed E-state index contributed by atoms with van der Waals surface area (Å²) >= 11 is 0. The third kappa shape index (κ3) is 3.26. The minimum Gasteiger partial charge on any atom is -0.342 e. The second kappa shape index (κ2) is 7.27. The molecule has 0 radical (unpaired) electrons. The zero-order chi connectivity index (χ0) is 20.7. The number of likely N-dealkylation sites (tertiary alicyclic amines) is 2. The molecule has 2 aliphatic rings. The van der Waals surface area contributed by atoms with E-state index < -0.39 is 0 Å². The molecule has 154 valence electrons. The number of amides is 2. The molecule has 6 heteroatoms. The van der Waals surface area contributed by atoms with Gasteiger partial charge in [-0.15, -0.1) is 0 Å². The quantitative estimate of drug-likeness (QED) is 0.674. The van der Waals surface area contributed by atoms with Crippen molar-refractivity contribution in [1.82, 2.24) is 19.2 Å². The number of benzene rings is 1. The van der Waals surface area contributed by atoms with Crippen LogP contribution in [0.4, 0.5) is 0 Å². The second-order valence-electron chi connectivity index (χ2n) is 8.74. The Kier molecular flexibility index (Phi) is 4.57. The Hall–Kier alpha value is -3.15. The Morgan fingerprint density at radius 1 is 1.07 bits per heavy atom. The van der Waals surface area contributed by atoms with Crippen molar-refractivity contribution in [3.05, 3.63) is 72.2 Å². The fourth-order valence-corrected chi connectivity index (χ4v) is 5.20. The predicted octanol–water partition coefficient (Wildman–Crippen LogP) is 2.89. The normalized spacial score (nSPS) is 23.2. The molecule has 0 saturated carbocycles. The maximum absolute atomic E-state index is 13.3. The van der Waals surface area contributed by atoms with Crippen LogP contribution < -0.4 is 0 Å². The summed E-state index contributed by atoms with van der Waals surface area (Å²) in [5, 5.41) is 0. The predicted molar refractivity (Wildman–Crippen MR) is 114 cm³/mol. The standard InChI is InChI=1S/C24H26N4O2/c1-18(29)27-14-21-15-28(23(30)20-7-8-22-25-11-12-26(22)13-20)17-24(21,16-27)10-9-19-5-3-2-4-6-19/h2-8,11-13,21H,9-10,14-17H2,1H3/t21-,24+/m1/s1. The first kappa shape index (κ1) is 18.9. The first-order valence-corrected chi connectivity index (χ1v) is 10.6. The summed E-state index contributed by atoms with van der Waals surface area (Å²) in [7, 11) is 0. The molecular formula is C24H26N4O2. The lowest BCUT2D eigenvalue weighted by molar-refractivity contribution is -0.128. The molecule has 0 spiro atoms. The van der Waals surface area contributed by atoms with Gasteiger partial charge in [0, 0.05) is 63.0 Å². The van der Waals surface area contributed by atoms with Gasteiger partial charge in [-0.2, -0.15) is 0 Å². The highest BCUT2D eigenvalue weighted by Crippen LogP contribution is 2.46. The topological polar surface area (TPSA) is 57.9 Å². The van der Waals surface area contributed by atoms with Crippen molar-refractivity contribution < 1.29 is 9.59 Å². The summed E-state index contributed by atoms with van der Waals surface area (Å²) in [4.78, 5) is 33.6. The van der Waals surface area contributed by atoms with Gasteiger partial charge in [0.25, 0.3) is 5.91 Å². The minimum atomic E-state index is -0.0315. The van der Waals surface area contributed by atoms with E-state index in [0.29, 0.717) is 24.6 Å². The average Bonchev–Trinajstić information content (AvgIpc) is 3.44. The molecule has 5 rings (SSSR count). The Balaban J connectivity index is 1.37. The zero-order valence-corrected chi connectivity index (χ0v) is 17.2. The van der Waals surface area contributed by atoms with Crippen LogP contribution in [0.1, 0.15) is 29.3 Å². The van der Waals surface area contributed by atoms with Crippen molar-refractivity contribution >= 4 is 17.5 Å². The van der Waals surface area contributed by atoms with Crippen LogP contribution in [0.3, 0.4) is 0 Å². The first-order valence-electron chi connectivity index (χ1n) is 10.6. The third-order valence-electron chi connectivity index (χ3n) is 6.88. The van der Waals surface area contributed by atoms with Crippen molar-refractivity contribution in [2.45, 2.75) is 19.8 Å². The van der Waals surface area contributed by atoms with Gasteiger partial charge in [0.2, 0.25) is 5.91 Å². The molecule has 2 aromatic heterocycles. The van der Waals surface area contributed by atoms with Crippen LogP contribution in [0, 0.1) is 11.3 Å². The Labute approximate surface area is 176 Å². The molecule has 2 fully saturated rings. The van der Waals surface area contributed by atoms with E-state index in [1.54, 1.807) is 13.1 Å². The van der Waals surface area contributed by atoms with Gasteiger partial charge in [-0.25, -0.2) is 4.98 Å². The van der Waals surface area contributed by atoms with Crippen LogP contribution in [-0.4, -0.2) is 57.2 Å². The number of pyridine rings is 1. The zero-order valence-electron chi connectivity index (χ0n) is 17.2. The average molecular weight is 402 g/mol. The van der Waals surface area contributed by atoms with Crippen LogP contribution in [0.2, 0.25) is 0 Å². The summed E-state index contributed by atoms with van der Waals surface area (Å²) < 4.78 is 1.88. The van der Waals surface area contributed by atoms with Gasteiger partial charge in [-0.3, -0.25) is 9.59 Å². The largest absolute Gasteiger partial charge is 0.342 e. The van der Waals surface area contributed by atoms with E-state index in [1.807, 2.05) is 44.8 Å². The van der Waals surface area contributed by atoms with E-state index in [-0.39, 0.29) is 17.2 Å². The Morgan fingerprint density at radius 3 is 2.63 bits per heavy atom. The number of aromatic nitrogens is 2. The third-order valence-corrected chi connectivity index (χ3v) is 6.88. The van der Waals surface area contributed by atoms with Crippen LogP contribution in [0.5, 0.6) is 0 Å². The highest BCUT2D eigenvalue weighted by Gasteiger charge is 2.53. The Morgan fingerprint density at radius 2 is 1.83 bits per heavy atom. The number of imidazole rings is 1. The molecule has 30 heavy (non-hydrogen) atoms. The number of aryl methyl sites for hydroxylation is 1. The molecule has 4 heterocycles. The van der Waals surface area contributed by atoms with E-state index in [0.717, 1.165) is 31.6 Å². The van der Waals surface area contributed by atoms with Gasteiger partial charge < -0.3 is 14.2 Å². The van der Waals surface area contributed by atoms with Gasteiger partial charge in [0.05, 0.1) is 5.56 Å². The molecule has 0 unspecified atom stereocenters. The number of hydrogen-bond donors (Lipinski definition) is 0. The molecule has 2 aliphatic heterocycles. The lowest BCUT2D eigenvalue weighted by Gasteiger charge is -2.29. The smallest absolute Gasteiger partial charge is 0.255 e. The lowest BCUT2D eigenvalue weighted by atomic mass is 9.76. The highest BCUT2D eigenvalue weighted by molar-refractivity contribution is 5.94. The number of rotatable bonds is 4. The van der Waals surface area contributed by atoms with Crippen LogP contribution >= 0.6 is 0 Å². The molecular weight excluding hydrogens is 376 g/mol. The van der Waals surface area contributed by atoms with Crippen molar-refractivity contribution in [3.63, 3.8) is 0 Å². The molecule has 0 N–H and O–H groups in total. The molecule has 0 bridgehead atoms.